The van der Waals surface area contributed by atoms with Gasteiger partial charge < -0.3 is 10.1 Å². The van der Waals surface area contributed by atoms with Crippen molar-refractivity contribution < 1.29 is 14.3 Å². The molecule has 1 aromatic rings. The molecule has 1 N–H and O–H groups in total. The van der Waals surface area contributed by atoms with Crippen molar-refractivity contribution in [3.05, 3.63) is 24.3 Å². The van der Waals surface area contributed by atoms with E-state index < -0.39 is 0 Å². The van der Waals surface area contributed by atoms with Gasteiger partial charge in [-0.2, -0.15) is 0 Å². The van der Waals surface area contributed by atoms with Crippen molar-refractivity contribution in [3.63, 3.8) is 0 Å². The lowest BCUT2D eigenvalue weighted by atomic mass is 10.3. The van der Waals surface area contributed by atoms with Crippen molar-refractivity contribution >= 4 is 29.3 Å². The zero-order valence-corrected chi connectivity index (χ0v) is 11.1. The minimum absolute atomic E-state index is 0.00801. The van der Waals surface area contributed by atoms with Gasteiger partial charge in [0.05, 0.1) is 0 Å². The predicted octanol–water partition coefficient (Wildman–Crippen LogP) is 2.44. The summed E-state index contributed by atoms with van der Waals surface area (Å²) in [7, 11) is 0. The van der Waals surface area contributed by atoms with Crippen LogP contribution in [0.15, 0.2) is 29.2 Å². The minimum Gasteiger partial charge on any atom is -0.462 e. The highest BCUT2D eigenvalue weighted by atomic mass is 32.2. The van der Waals surface area contributed by atoms with Crippen LogP contribution in [0, 0.1) is 0 Å². The molecule has 0 aliphatic carbocycles. The van der Waals surface area contributed by atoms with E-state index in [0.29, 0.717) is 0 Å². The molecule has 1 aliphatic rings. The zero-order valence-electron chi connectivity index (χ0n) is 10.3. The highest BCUT2D eigenvalue weighted by Crippen LogP contribution is 2.32. The van der Waals surface area contributed by atoms with Crippen molar-refractivity contribution in [1.29, 1.82) is 0 Å². The Morgan fingerprint density at radius 2 is 2.06 bits per heavy atom. The van der Waals surface area contributed by atoms with Crippen LogP contribution >= 0.6 is 11.8 Å². The lowest BCUT2D eigenvalue weighted by molar-refractivity contribution is -0.140. The molecule has 4 nitrogen and oxygen atoms in total. The van der Waals surface area contributed by atoms with E-state index in [-0.39, 0.29) is 23.2 Å². The van der Waals surface area contributed by atoms with Gasteiger partial charge in [-0.05, 0) is 31.2 Å². The van der Waals surface area contributed by atoms with E-state index in [1.807, 2.05) is 31.2 Å². The van der Waals surface area contributed by atoms with Gasteiger partial charge in [0, 0.05) is 23.9 Å². The molecule has 1 fully saturated rings. The summed E-state index contributed by atoms with van der Waals surface area (Å²) in [6.45, 7) is 3.37. The lowest BCUT2D eigenvalue weighted by Crippen LogP contribution is -2.09. The fourth-order valence-corrected chi connectivity index (χ4v) is 2.94. The molecule has 18 heavy (non-hydrogen) atoms. The molecule has 96 valence electrons. The number of amides is 1. The number of benzene rings is 1. The SMILES string of the molecule is CC(=O)Nc1ccc(SC2CC(C)OC2=O)cc1. The molecule has 2 unspecified atom stereocenters. The minimum atomic E-state index is -0.140. The Kier molecular flexibility index (Phi) is 3.91. The summed E-state index contributed by atoms with van der Waals surface area (Å²) >= 11 is 1.50. The number of ether oxygens (including phenoxy) is 1. The van der Waals surface area contributed by atoms with Crippen LogP contribution in [0.25, 0.3) is 0 Å². The summed E-state index contributed by atoms with van der Waals surface area (Å²) in [4.78, 5) is 23.4. The van der Waals surface area contributed by atoms with E-state index in [2.05, 4.69) is 5.32 Å². The van der Waals surface area contributed by atoms with Crippen LogP contribution in [-0.4, -0.2) is 23.2 Å². The molecule has 1 aliphatic heterocycles. The van der Waals surface area contributed by atoms with E-state index >= 15 is 0 Å². The van der Waals surface area contributed by atoms with Gasteiger partial charge in [-0.15, -0.1) is 11.8 Å². The van der Waals surface area contributed by atoms with Gasteiger partial charge in [0.1, 0.15) is 11.4 Å². The second-order valence-electron chi connectivity index (χ2n) is 4.30. The summed E-state index contributed by atoms with van der Waals surface area (Å²) in [5.74, 6) is -0.234. The average Bonchev–Trinajstić information content (AvgIpc) is 2.59. The maximum absolute atomic E-state index is 11.5. The van der Waals surface area contributed by atoms with Crippen LogP contribution in [0.4, 0.5) is 5.69 Å². The number of carbonyl (C=O) groups excluding carboxylic acids is 2. The molecule has 1 saturated heterocycles. The van der Waals surface area contributed by atoms with Crippen LogP contribution in [0.3, 0.4) is 0 Å². The maximum Gasteiger partial charge on any atom is 0.319 e. The number of hydrogen-bond donors (Lipinski definition) is 1. The van der Waals surface area contributed by atoms with Crippen molar-refractivity contribution in [3.8, 4) is 0 Å². The Hall–Kier alpha value is -1.49. The van der Waals surface area contributed by atoms with Gasteiger partial charge in [-0.3, -0.25) is 9.59 Å². The molecule has 0 radical (unpaired) electrons. The molecule has 2 atom stereocenters. The number of nitrogens with one attached hydrogen (secondary N) is 1. The molecule has 5 heteroatoms. The first-order valence-corrected chi connectivity index (χ1v) is 6.67. The highest BCUT2D eigenvalue weighted by Gasteiger charge is 2.32. The predicted molar refractivity (Wildman–Crippen MR) is 70.6 cm³/mol. The number of rotatable bonds is 3. The molecule has 0 spiro atoms. The Bertz CT molecular complexity index is 458. The number of hydrogen-bond acceptors (Lipinski definition) is 4. The summed E-state index contributed by atoms with van der Waals surface area (Å²) in [5, 5.41) is 2.58. The van der Waals surface area contributed by atoms with Crippen LogP contribution in [0.5, 0.6) is 0 Å². The van der Waals surface area contributed by atoms with E-state index in [4.69, 9.17) is 4.74 Å². The van der Waals surface area contributed by atoms with Crippen LogP contribution < -0.4 is 5.32 Å². The lowest BCUT2D eigenvalue weighted by Gasteiger charge is -2.07. The van der Waals surface area contributed by atoms with Crippen LogP contribution in [0.1, 0.15) is 20.3 Å². The Morgan fingerprint density at radius 1 is 1.39 bits per heavy atom. The Morgan fingerprint density at radius 3 is 2.56 bits per heavy atom. The van der Waals surface area contributed by atoms with Crippen molar-refractivity contribution in [2.45, 2.75) is 36.5 Å². The first-order chi connectivity index (χ1) is 8.54. The van der Waals surface area contributed by atoms with Crippen molar-refractivity contribution in [2.75, 3.05) is 5.32 Å². The largest absolute Gasteiger partial charge is 0.462 e. The summed E-state index contributed by atoms with van der Waals surface area (Å²) in [5.41, 5.74) is 0.759. The Labute approximate surface area is 110 Å². The Balaban J connectivity index is 1.98. The average molecular weight is 265 g/mol. The number of carbonyl (C=O) groups is 2. The summed E-state index contributed by atoms with van der Waals surface area (Å²) in [6, 6.07) is 7.44. The van der Waals surface area contributed by atoms with Gasteiger partial charge >= 0.3 is 5.97 Å². The monoisotopic (exact) mass is 265 g/mol. The van der Waals surface area contributed by atoms with Gasteiger partial charge in [0.25, 0.3) is 0 Å². The maximum atomic E-state index is 11.5. The molecular formula is C13H15NO3S. The first-order valence-electron chi connectivity index (χ1n) is 5.79. The fourth-order valence-electron chi connectivity index (χ4n) is 1.80. The molecule has 0 aromatic heterocycles. The molecule has 1 aromatic carbocycles. The van der Waals surface area contributed by atoms with Crippen molar-refractivity contribution in [1.82, 2.24) is 0 Å². The quantitative estimate of drug-likeness (QED) is 0.853. The van der Waals surface area contributed by atoms with E-state index in [0.717, 1.165) is 17.0 Å². The van der Waals surface area contributed by atoms with E-state index in [9.17, 15) is 9.59 Å². The summed E-state index contributed by atoms with van der Waals surface area (Å²) < 4.78 is 5.11. The fraction of sp³-hybridized carbons (Fsp3) is 0.385. The second-order valence-corrected chi connectivity index (χ2v) is 5.57. The standard InChI is InChI=1S/C13H15NO3S/c1-8-7-12(13(16)17-8)18-11-5-3-10(4-6-11)14-9(2)15/h3-6,8,12H,7H2,1-2H3,(H,14,15). The zero-order chi connectivity index (χ0) is 13.1. The number of thioether (sulfide) groups is 1. The summed E-state index contributed by atoms with van der Waals surface area (Å²) in [6.07, 6.45) is 0.755. The number of esters is 1. The third-order valence-electron chi connectivity index (χ3n) is 2.58. The van der Waals surface area contributed by atoms with Crippen LogP contribution in [-0.2, 0) is 14.3 Å². The van der Waals surface area contributed by atoms with Gasteiger partial charge in [-0.1, -0.05) is 0 Å². The van der Waals surface area contributed by atoms with E-state index in [1.54, 1.807) is 0 Å². The van der Waals surface area contributed by atoms with Crippen molar-refractivity contribution in [2.24, 2.45) is 0 Å². The van der Waals surface area contributed by atoms with Gasteiger partial charge in [0.15, 0.2) is 0 Å². The molecule has 1 heterocycles. The number of cyclic esters (lactones) is 1. The first kappa shape index (κ1) is 13.0. The van der Waals surface area contributed by atoms with Gasteiger partial charge in [0.2, 0.25) is 5.91 Å². The molecule has 0 saturated carbocycles. The molecule has 1 amide bonds. The molecule has 2 rings (SSSR count). The smallest absolute Gasteiger partial charge is 0.319 e. The third kappa shape index (κ3) is 3.26. The van der Waals surface area contributed by atoms with Gasteiger partial charge in [-0.25, -0.2) is 0 Å². The molecular weight excluding hydrogens is 250 g/mol. The number of anilines is 1. The molecule has 0 bridgehead atoms. The topological polar surface area (TPSA) is 55.4 Å². The normalized spacial score (nSPS) is 22.7. The van der Waals surface area contributed by atoms with E-state index in [1.165, 1.54) is 18.7 Å². The van der Waals surface area contributed by atoms with Crippen LogP contribution in [0.2, 0.25) is 0 Å². The third-order valence-corrected chi connectivity index (χ3v) is 3.79. The highest BCUT2D eigenvalue weighted by molar-refractivity contribution is 8.00. The second kappa shape index (κ2) is 5.44.